The molecule has 4 heterocycles. The minimum absolute atomic E-state index is 0.217. The number of hydrogen-bond acceptors (Lipinski definition) is 5. The van der Waals surface area contributed by atoms with Gasteiger partial charge in [0, 0.05) is 67.2 Å². The Morgan fingerprint density at radius 3 is 2.59 bits per heavy atom. The van der Waals surface area contributed by atoms with Gasteiger partial charge in [0.2, 0.25) is 11.9 Å². The van der Waals surface area contributed by atoms with Crippen LogP contribution in [0.5, 0.6) is 0 Å². The quantitative estimate of drug-likeness (QED) is 0.792. The van der Waals surface area contributed by atoms with Crippen molar-refractivity contribution in [3.63, 3.8) is 0 Å². The zero-order valence-corrected chi connectivity index (χ0v) is 17.8. The molecule has 1 unspecified atom stereocenters. The Kier molecular flexibility index (Phi) is 5.52. The third-order valence-electron chi connectivity index (χ3n) is 5.90. The number of rotatable bonds is 3. The van der Waals surface area contributed by atoms with Crippen LogP contribution in [0.1, 0.15) is 58.1 Å². The number of carbonyl (C=O) groups is 1. The first-order chi connectivity index (χ1) is 13.9. The van der Waals surface area contributed by atoms with Gasteiger partial charge < -0.3 is 9.80 Å². The predicted molar refractivity (Wildman–Crippen MR) is 115 cm³/mol. The molecule has 6 heteroatoms. The lowest BCUT2D eigenvalue weighted by atomic mass is 9.88. The van der Waals surface area contributed by atoms with E-state index >= 15 is 0 Å². The lowest BCUT2D eigenvalue weighted by molar-refractivity contribution is -0.140. The molecule has 2 aromatic heterocycles. The predicted octanol–water partition coefficient (Wildman–Crippen LogP) is 3.89. The molecule has 6 nitrogen and oxygen atoms in total. The smallest absolute Gasteiger partial charge is 0.227 e. The number of piperidine rings is 1. The summed E-state index contributed by atoms with van der Waals surface area (Å²) in [5.41, 5.74) is 2.77. The van der Waals surface area contributed by atoms with Crippen molar-refractivity contribution in [3.05, 3.63) is 36.4 Å². The third kappa shape index (κ3) is 4.26. The fourth-order valence-corrected chi connectivity index (χ4v) is 4.37. The molecule has 4 rings (SSSR count). The van der Waals surface area contributed by atoms with Crippen LogP contribution in [0.25, 0.3) is 11.1 Å². The molecule has 0 radical (unpaired) electrons. The SMILES string of the molecule is CC(C)(C)C(=O)N1CCCC(c2nc(N3CCCC3)ncc2-c2cccnc2)C1. The lowest BCUT2D eigenvalue weighted by Gasteiger charge is -2.37. The van der Waals surface area contributed by atoms with E-state index in [1.165, 1.54) is 12.8 Å². The van der Waals surface area contributed by atoms with E-state index in [-0.39, 0.29) is 17.2 Å². The van der Waals surface area contributed by atoms with E-state index in [0.29, 0.717) is 0 Å². The van der Waals surface area contributed by atoms with Crippen LogP contribution >= 0.6 is 0 Å². The molecule has 2 aromatic rings. The van der Waals surface area contributed by atoms with Crippen molar-refractivity contribution < 1.29 is 4.79 Å². The highest BCUT2D eigenvalue weighted by Crippen LogP contribution is 2.35. The number of likely N-dealkylation sites (tertiary alicyclic amines) is 1. The van der Waals surface area contributed by atoms with E-state index in [1.54, 1.807) is 6.20 Å². The molecule has 0 N–H and O–H groups in total. The Hall–Kier alpha value is -2.50. The fourth-order valence-electron chi connectivity index (χ4n) is 4.37. The van der Waals surface area contributed by atoms with Crippen LogP contribution in [0.2, 0.25) is 0 Å². The van der Waals surface area contributed by atoms with E-state index in [2.05, 4.69) is 16.0 Å². The van der Waals surface area contributed by atoms with Crippen molar-refractivity contribution in [2.45, 2.75) is 52.4 Å². The monoisotopic (exact) mass is 393 g/mol. The Morgan fingerprint density at radius 2 is 1.90 bits per heavy atom. The summed E-state index contributed by atoms with van der Waals surface area (Å²) in [6.07, 6.45) is 10.0. The van der Waals surface area contributed by atoms with Gasteiger partial charge >= 0.3 is 0 Å². The number of anilines is 1. The van der Waals surface area contributed by atoms with Crippen molar-refractivity contribution in [1.82, 2.24) is 19.9 Å². The summed E-state index contributed by atoms with van der Waals surface area (Å²) < 4.78 is 0. The second kappa shape index (κ2) is 8.09. The van der Waals surface area contributed by atoms with Crippen molar-refractivity contribution >= 4 is 11.9 Å². The number of aromatic nitrogens is 3. The third-order valence-corrected chi connectivity index (χ3v) is 5.90. The Morgan fingerprint density at radius 1 is 1.10 bits per heavy atom. The van der Waals surface area contributed by atoms with Crippen LogP contribution in [0.15, 0.2) is 30.7 Å². The van der Waals surface area contributed by atoms with Crippen molar-refractivity contribution in [2.24, 2.45) is 5.41 Å². The van der Waals surface area contributed by atoms with Gasteiger partial charge in [-0.1, -0.05) is 26.8 Å². The molecule has 0 saturated carbocycles. The maximum Gasteiger partial charge on any atom is 0.227 e. The highest BCUT2D eigenvalue weighted by Gasteiger charge is 2.33. The Bertz CT molecular complexity index is 855. The van der Waals surface area contributed by atoms with Gasteiger partial charge in [-0.3, -0.25) is 9.78 Å². The van der Waals surface area contributed by atoms with Crippen LogP contribution in [0.3, 0.4) is 0 Å². The summed E-state index contributed by atoms with van der Waals surface area (Å²) in [5, 5.41) is 0. The van der Waals surface area contributed by atoms with E-state index < -0.39 is 0 Å². The van der Waals surface area contributed by atoms with E-state index in [1.807, 2.05) is 44.1 Å². The van der Waals surface area contributed by atoms with Gasteiger partial charge in [-0.05, 0) is 31.7 Å². The maximum atomic E-state index is 12.9. The number of amides is 1. The first-order valence-electron chi connectivity index (χ1n) is 10.7. The van der Waals surface area contributed by atoms with E-state index in [9.17, 15) is 4.79 Å². The van der Waals surface area contributed by atoms with Gasteiger partial charge in [0.1, 0.15) is 0 Å². The number of pyridine rings is 1. The molecule has 0 spiro atoms. The Balaban J connectivity index is 1.69. The normalized spacial score (nSPS) is 20.2. The fraction of sp³-hybridized carbons (Fsp3) is 0.565. The second-order valence-corrected chi connectivity index (χ2v) is 9.25. The number of hydrogen-bond donors (Lipinski definition) is 0. The largest absolute Gasteiger partial charge is 0.342 e. The molecule has 1 atom stereocenters. The number of nitrogens with zero attached hydrogens (tertiary/aromatic N) is 5. The van der Waals surface area contributed by atoms with Gasteiger partial charge in [0.15, 0.2) is 0 Å². The molecule has 0 aromatic carbocycles. The van der Waals surface area contributed by atoms with Crippen molar-refractivity contribution in [1.29, 1.82) is 0 Å². The zero-order valence-electron chi connectivity index (χ0n) is 17.8. The highest BCUT2D eigenvalue weighted by atomic mass is 16.2. The van der Waals surface area contributed by atoms with Gasteiger partial charge in [-0.25, -0.2) is 9.97 Å². The summed E-state index contributed by atoms with van der Waals surface area (Å²) in [6, 6.07) is 4.01. The minimum Gasteiger partial charge on any atom is -0.342 e. The summed E-state index contributed by atoms with van der Waals surface area (Å²) in [7, 11) is 0. The molecule has 0 bridgehead atoms. The summed E-state index contributed by atoms with van der Waals surface area (Å²) >= 11 is 0. The topological polar surface area (TPSA) is 62.2 Å². The van der Waals surface area contributed by atoms with E-state index in [0.717, 1.165) is 61.8 Å². The summed E-state index contributed by atoms with van der Waals surface area (Å²) in [6.45, 7) is 9.58. The zero-order chi connectivity index (χ0) is 20.4. The summed E-state index contributed by atoms with van der Waals surface area (Å²) in [5.74, 6) is 1.26. The Labute approximate surface area is 173 Å². The van der Waals surface area contributed by atoms with Gasteiger partial charge in [0.05, 0.1) is 5.69 Å². The molecule has 1 amide bonds. The van der Waals surface area contributed by atoms with E-state index in [4.69, 9.17) is 9.97 Å². The standard InChI is InChI=1S/C23H31N5O/c1-23(2,3)21(29)28-13-7-9-18(16-28)20-19(17-8-6-10-24-14-17)15-25-22(26-20)27-11-4-5-12-27/h6,8,10,14-15,18H,4-5,7,9,11-13,16H2,1-3H3. The average Bonchev–Trinajstić information content (AvgIpc) is 3.28. The molecule has 0 aliphatic carbocycles. The molecular weight excluding hydrogens is 362 g/mol. The van der Waals surface area contributed by atoms with Crippen LogP contribution < -0.4 is 4.90 Å². The first-order valence-corrected chi connectivity index (χ1v) is 10.7. The highest BCUT2D eigenvalue weighted by molar-refractivity contribution is 5.81. The molecule has 2 aliphatic rings. The number of carbonyl (C=O) groups excluding carboxylic acids is 1. The molecular formula is C23H31N5O. The first kappa shape index (κ1) is 19.8. The molecule has 2 fully saturated rings. The van der Waals surface area contributed by atoms with Crippen molar-refractivity contribution in [3.8, 4) is 11.1 Å². The van der Waals surface area contributed by atoms with Gasteiger partial charge in [-0.15, -0.1) is 0 Å². The summed E-state index contributed by atoms with van der Waals surface area (Å²) in [4.78, 5) is 31.2. The molecule has 154 valence electrons. The minimum atomic E-state index is -0.361. The lowest BCUT2D eigenvalue weighted by Crippen LogP contribution is -2.44. The molecule has 29 heavy (non-hydrogen) atoms. The van der Waals surface area contributed by atoms with Crippen molar-refractivity contribution in [2.75, 3.05) is 31.1 Å². The molecule has 2 saturated heterocycles. The van der Waals surface area contributed by atoms with Crippen LogP contribution in [0.4, 0.5) is 5.95 Å². The second-order valence-electron chi connectivity index (χ2n) is 9.25. The van der Waals surface area contributed by atoms with Gasteiger partial charge in [0.25, 0.3) is 0 Å². The van der Waals surface area contributed by atoms with Crippen LogP contribution in [-0.4, -0.2) is 51.9 Å². The maximum absolute atomic E-state index is 12.9. The van der Waals surface area contributed by atoms with Crippen LogP contribution in [-0.2, 0) is 4.79 Å². The molecule has 2 aliphatic heterocycles. The van der Waals surface area contributed by atoms with Crippen LogP contribution in [0, 0.1) is 5.41 Å². The average molecular weight is 394 g/mol. The van der Waals surface area contributed by atoms with Gasteiger partial charge in [-0.2, -0.15) is 0 Å².